The molecule has 0 atom stereocenters. The van der Waals surface area contributed by atoms with Gasteiger partial charge in [0.1, 0.15) is 6.67 Å². The molecule has 2 N–H and O–H groups in total. The molecular weight excluding hydrogens is 231 g/mol. The van der Waals surface area contributed by atoms with Gasteiger partial charge in [-0.25, -0.2) is 9.18 Å². The van der Waals surface area contributed by atoms with E-state index >= 15 is 0 Å². The summed E-state index contributed by atoms with van der Waals surface area (Å²) in [5, 5.41) is 5.67. The summed E-state index contributed by atoms with van der Waals surface area (Å²) in [5.74, 6) is 0. The van der Waals surface area contributed by atoms with E-state index in [-0.39, 0.29) is 12.6 Å². The summed E-state index contributed by atoms with van der Waals surface area (Å²) >= 11 is 5.93. The number of urea groups is 1. The molecule has 1 aromatic rings. The van der Waals surface area contributed by atoms with Crippen LogP contribution in [0.3, 0.4) is 0 Å². The van der Waals surface area contributed by atoms with Crippen LogP contribution in [0.5, 0.6) is 0 Å². The largest absolute Gasteiger partial charge is 0.336 e. The molecule has 0 bridgehead atoms. The van der Waals surface area contributed by atoms with Gasteiger partial charge in [0, 0.05) is 18.1 Å². The van der Waals surface area contributed by atoms with Crippen LogP contribution >= 0.6 is 11.6 Å². The molecule has 0 aromatic heterocycles. The number of carbonyl (C=O) groups excluding carboxylic acids is 1. The third-order valence-electron chi connectivity index (χ3n) is 2.20. The van der Waals surface area contributed by atoms with Gasteiger partial charge in [-0.05, 0) is 24.1 Å². The molecule has 0 radical (unpaired) electrons. The Morgan fingerprint density at radius 1 is 1.44 bits per heavy atom. The molecule has 0 saturated carbocycles. The van der Waals surface area contributed by atoms with Crippen LogP contribution in [0.1, 0.15) is 11.1 Å². The Morgan fingerprint density at radius 2 is 2.19 bits per heavy atom. The van der Waals surface area contributed by atoms with Crippen LogP contribution in [0.4, 0.5) is 9.18 Å². The smallest absolute Gasteiger partial charge is 0.315 e. The van der Waals surface area contributed by atoms with Gasteiger partial charge in [0.05, 0.1) is 0 Å². The fraction of sp³-hybridized carbons (Fsp3) is 0.364. The van der Waals surface area contributed by atoms with Crippen molar-refractivity contribution in [2.75, 3.05) is 13.2 Å². The van der Waals surface area contributed by atoms with E-state index in [9.17, 15) is 9.18 Å². The lowest BCUT2D eigenvalue weighted by Crippen LogP contribution is -2.36. The number of rotatable bonds is 4. The third kappa shape index (κ3) is 3.70. The highest BCUT2D eigenvalue weighted by atomic mass is 35.5. The van der Waals surface area contributed by atoms with Crippen molar-refractivity contribution >= 4 is 17.6 Å². The maximum Gasteiger partial charge on any atom is 0.315 e. The van der Waals surface area contributed by atoms with Gasteiger partial charge in [-0.15, -0.1) is 0 Å². The van der Waals surface area contributed by atoms with E-state index in [1.807, 2.05) is 19.1 Å². The Kier molecular flexibility index (Phi) is 5.05. The molecule has 2 amide bonds. The lowest BCUT2D eigenvalue weighted by Gasteiger charge is -2.09. The number of hydrogen-bond donors (Lipinski definition) is 2. The number of hydrogen-bond acceptors (Lipinski definition) is 1. The maximum atomic E-state index is 11.8. The topological polar surface area (TPSA) is 41.1 Å². The van der Waals surface area contributed by atoms with Gasteiger partial charge in [-0.1, -0.05) is 23.7 Å². The second kappa shape index (κ2) is 6.33. The van der Waals surface area contributed by atoms with Crippen LogP contribution in [0.15, 0.2) is 18.2 Å². The van der Waals surface area contributed by atoms with Crippen LogP contribution < -0.4 is 10.6 Å². The lowest BCUT2D eigenvalue weighted by molar-refractivity contribution is 0.239. The van der Waals surface area contributed by atoms with Crippen molar-refractivity contribution in [2.24, 2.45) is 0 Å². The van der Waals surface area contributed by atoms with Gasteiger partial charge < -0.3 is 10.6 Å². The van der Waals surface area contributed by atoms with Crippen molar-refractivity contribution in [2.45, 2.75) is 13.5 Å². The molecule has 0 heterocycles. The van der Waals surface area contributed by atoms with Gasteiger partial charge in [-0.2, -0.15) is 0 Å². The highest BCUT2D eigenvalue weighted by molar-refractivity contribution is 6.31. The molecule has 1 aromatic carbocycles. The molecule has 0 aliphatic heterocycles. The fourth-order valence-electron chi connectivity index (χ4n) is 1.24. The predicted octanol–water partition coefficient (Wildman–Crippen LogP) is 2.42. The van der Waals surface area contributed by atoms with E-state index in [4.69, 9.17) is 11.6 Å². The molecule has 0 unspecified atom stereocenters. The van der Waals surface area contributed by atoms with E-state index in [1.54, 1.807) is 6.07 Å². The average molecular weight is 245 g/mol. The molecule has 16 heavy (non-hydrogen) atoms. The first-order chi connectivity index (χ1) is 7.65. The molecule has 0 spiro atoms. The summed E-state index contributed by atoms with van der Waals surface area (Å²) in [7, 11) is 0. The zero-order chi connectivity index (χ0) is 12.0. The summed E-state index contributed by atoms with van der Waals surface area (Å²) in [4.78, 5) is 11.1. The molecule has 88 valence electrons. The minimum atomic E-state index is -0.566. The average Bonchev–Trinajstić information content (AvgIpc) is 2.28. The van der Waals surface area contributed by atoms with E-state index in [0.717, 1.165) is 11.1 Å². The van der Waals surface area contributed by atoms with Crippen molar-refractivity contribution in [3.63, 3.8) is 0 Å². The van der Waals surface area contributed by atoms with Crippen LogP contribution in [0.25, 0.3) is 0 Å². The van der Waals surface area contributed by atoms with Gasteiger partial charge in [0.25, 0.3) is 0 Å². The molecule has 0 fully saturated rings. The standard InChI is InChI=1S/C11H14ClFN2O/c1-8-9(3-2-4-10(8)12)7-15-11(16)14-6-5-13/h2-4H,5-7H2,1H3,(H2,14,15,16). The van der Waals surface area contributed by atoms with E-state index < -0.39 is 6.67 Å². The first kappa shape index (κ1) is 12.8. The Morgan fingerprint density at radius 3 is 2.88 bits per heavy atom. The van der Waals surface area contributed by atoms with Crippen LogP contribution in [0.2, 0.25) is 5.02 Å². The van der Waals surface area contributed by atoms with Gasteiger partial charge >= 0.3 is 6.03 Å². The van der Waals surface area contributed by atoms with Crippen molar-refractivity contribution in [1.82, 2.24) is 10.6 Å². The maximum absolute atomic E-state index is 11.8. The van der Waals surface area contributed by atoms with E-state index in [0.29, 0.717) is 11.6 Å². The molecular formula is C11H14ClFN2O. The number of carbonyl (C=O) groups is 1. The van der Waals surface area contributed by atoms with Crippen molar-refractivity contribution in [3.05, 3.63) is 34.3 Å². The minimum absolute atomic E-state index is 0.0281. The Hall–Kier alpha value is -1.29. The van der Waals surface area contributed by atoms with Gasteiger partial charge in [-0.3, -0.25) is 0 Å². The third-order valence-corrected chi connectivity index (χ3v) is 2.61. The molecule has 0 aliphatic carbocycles. The summed E-state index contributed by atoms with van der Waals surface area (Å²) < 4.78 is 11.8. The Bertz CT molecular complexity index is 371. The number of nitrogens with one attached hydrogen (secondary N) is 2. The van der Waals surface area contributed by atoms with E-state index in [2.05, 4.69) is 10.6 Å². The van der Waals surface area contributed by atoms with Crippen LogP contribution in [-0.2, 0) is 6.54 Å². The molecule has 5 heteroatoms. The SMILES string of the molecule is Cc1c(Cl)cccc1CNC(=O)NCCF. The molecule has 1 rings (SSSR count). The normalized spacial score (nSPS) is 9.94. The Balaban J connectivity index is 2.48. The fourth-order valence-corrected chi connectivity index (χ4v) is 1.44. The molecule has 3 nitrogen and oxygen atoms in total. The predicted molar refractivity (Wildman–Crippen MR) is 62.4 cm³/mol. The summed E-state index contributed by atoms with van der Waals surface area (Å²) in [6.45, 7) is 1.73. The van der Waals surface area contributed by atoms with Crippen LogP contribution in [-0.4, -0.2) is 19.3 Å². The van der Waals surface area contributed by atoms with Crippen molar-refractivity contribution in [3.8, 4) is 0 Å². The highest BCUT2D eigenvalue weighted by Gasteiger charge is 2.03. The highest BCUT2D eigenvalue weighted by Crippen LogP contribution is 2.18. The summed E-state index contributed by atoms with van der Waals surface area (Å²) in [6, 6.07) is 5.13. The summed E-state index contributed by atoms with van der Waals surface area (Å²) in [6.07, 6.45) is 0. The first-order valence-corrected chi connectivity index (χ1v) is 5.34. The molecule has 0 saturated heterocycles. The second-order valence-corrected chi connectivity index (χ2v) is 3.73. The van der Waals surface area contributed by atoms with E-state index in [1.165, 1.54) is 0 Å². The second-order valence-electron chi connectivity index (χ2n) is 3.32. The lowest BCUT2D eigenvalue weighted by atomic mass is 10.1. The minimum Gasteiger partial charge on any atom is -0.336 e. The Labute approximate surface area is 99.0 Å². The van der Waals surface area contributed by atoms with Gasteiger partial charge in [0.15, 0.2) is 0 Å². The zero-order valence-corrected chi connectivity index (χ0v) is 9.77. The van der Waals surface area contributed by atoms with Crippen LogP contribution in [0, 0.1) is 6.92 Å². The van der Waals surface area contributed by atoms with Gasteiger partial charge in [0.2, 0.25) is 0 Å². The van der Waals surface area contributed by atoms with Crippen molar-refractivity contribution in [1.29, 1.82) is 0 Å². The van der Waals surface area contributed by atoms with Crippen molar-refractivity contribution < 1.29 is 9.18 Å². The number of halogens is 2. The number of amides is 2. The summed E-state index contributed by atoms with van der Waals surface area (Å²) in [5.41, 5.74) is 1.89. The first-order valence-electron chi connectivity index (χ1n) is 4.97. The quantitative estimate of drug-likeness (QED) is 0.839. The number of alkyl halides is 1. The number of benzene rings is 1. The molecule has 0 aliphatic rings. The monoisotopic (exact) mass is 244 g/mol. The zero-order valence-electron chi connectivity index (χ0n) is 9.02.